The number of rotatable bonds is 61. The Kier molecular flexibility index (Phi) is 64.3. The molecule has 0 amide bonds. The highest BCUT2D eigenvalue weighted by Crippen LogP contribution is 2.17. The van der Waals surface area contributed by atoms with Crippen LogP contribution in [0.4, 0.5) is 0 Å². The lowest BCUT2D eigenvalue weighted by molar-refractivity contribution is -0.167. The Morgan fingerprint density at radius 2 is 0.487 bits per heavy atom. The Bertz CT molecular complexity index is 1610. The summed E-state index contributed by atoms with van der Waals surface area (Å²) in [6.07, 6.45) is 92.5. The van der Waals surface area contributed by atoms with Crippen LogP contribution in [0.1, 0.15) is 323 Å². The van der Waals surface area contributed by atoms with Crippen LogP contribution in [0.5, 0.6) is 0 Å². The molecular formula is C74H126O6. The van der Waals surface area contributed by atoms with Crippen molar-refractivity contribution in [2.24, 2.45) is 0 Å². The van der Waals surface area contributed by atoms with E-state index in [2.05, 4.69) is 130 Å². The van der Waals surface area contributed by atoms with Crippen molar-refractivity contribution in [3.8, 4) is 0 Å². The summed E-state index contributed by atoms with van der Waals surface area (Å²) < 4.78 is 17.0. The molecule has 0 aliphatic carbocycles. The molecule has 0 aliphatic heterocycles. The van der Waals surface area contributed by atoms with Crippen molar-refractivity contribution in [1.82, 2.24) is 0 Å². The molecule has 0 aromatic rings. The van der Waals surface area contributed by atoms with Crippen molar-refractivity contribution < 1.29 is 28.6 Å². The first-order chi connectivity index (χ1) is 39.5. The third kappa shape index (κ3) is 64.9. The normalized spacial score (nSPS) is 12.8. The molecule has 0 rings (SSSR count). The van der Waals surface area contributed by atoms with E-state index >= 15 is 0 Å². The fourth-order valence-corrected chi connectivity index (χ4v) is 9.52. The molecule has 0 bridgehead atoms. The first-order valence-electron chi connectivity index (χ1n) is 33.9. The maximum Gasteiger partial charge on any atom is 0.306 e. The Morgan fingerprint density at radius 3 is 0.762 bits per heavy atom. The first kappa shape index (κ1) is 76.1. The summed E-state index contributed by atoms with van der Waals surface area (Å²) in [5, 5.41) is 0. The molecule has 1 unspecified atom stereocenters. The van der Waals surface area contributed by atoms with Crippen LogP contribution in [-0.2, 0) is 28.6 Å². The summed E-state index contributed by atoms with van der Waals surface area (Å²) in [7, 11) is 0. The molecule has 0 fully saturated rings. The molecule has 0 N–H and O–H groups in total. The fraction of sp³-hybridized carbons (Fsp3) is 0.716. The highest BCUT2D eigenvalue weighted by molar-refractivity contribution is 5.71. The van der Waals surface area contributed by atoms with Crippen molar-refractivity contribution in [2.45, 2.75) is 329 Å². The van der Waals surface area contributed by atoms with E-state index in [1.54, 1.807) is 0 Å². The third-order valence-corrected chi connectivity index (χ3v) is 14.5. The first-order valence-corrected chi connectivity index (χ1v) is 33.9. The monoisotopic (exact) mass is 1110 g/mol. The van der Waals surface area contributed by atoms with Gasteiger partial charge in [0.05, 0.1) is 0 Å². The summed E-state index contributed by atoms with van der Waals surface area (Å²) in [6, 6.07) is 0. The van der Waals surface area contributed by atoms with Crippen LogP contribution >= 0.6 is 0 Å². The number of esters is 3. The Balaban J connectivity index is 4.26. The zero-order chi connectivity index (χ0) is 57.8. The van der Waals surface area contributed by atoms with Gasteiger partial charge in [0.1, 0.15) is 13.2 Å². The molecule has 0 saturated carbocycles. The van der Waals surface area contributed by atoms with E-state index in [-0.39, 0.29) is 31.1 Å². The largest absolute Gasteiger partial charge is 0.462 e. The maximum absolute atomic E-state index is 12.9. The summed E-state index contributed by atoms with van der Waals surface area (Å²) >= 11 is 0. The van der Waals surface area contributed by atoms with Crippen LogP contribution in [0, 0.1) is 0 Å². The average Bonchev–Trinajstić information content (AvgIpc) is 3.46. The van der Waals surface area contributed by atoms with Crippen LogP contribution in [0.3, 0.4) is 0 Å². The maximum atomic E-state index is 12.9. The zero-order valence-corrected chi connectivity index (χ0v) is 52.6. The van der Waals surface area contributed by atoms with Crippen molar-refractivity contribution in [2.75, 3.05) is 13.2 Å². The third-order valence-electron chi connectivity index (χ3n) is 14.5. The number of hydrogen-bond donors (Lipinski definition) is 0. The SMILES string of the molecule is CC/C=C\C/C=C\C/C=C\C/C=C\C/C=C\CCCCCCCCCCCCCCCC(=O)OCC(COC(=O)CCCCCCCCCCCCCC)OC(=O)CCCCCCCCCC/C=C\C/C=C\C/C=C\C/C=C\CC. The van der Waals surface area contributed by atoms with Gasteiger partial charge in [0.15, 0.2) is 6.10 Å². The number of carbonyl (C=O) groups excluding carboxylic acids is 3. The molecule has 6 heteroatoms. The van der Waals surface area contributed by atoms with Crippen LogP contribution < -0.4 is 0 Å². The predicted octanol–water partition coefficient (Wildman–Crippen LogP) is 23.4. The molecule has 6 nitrogen and oxygen atoms in total. The second-order valence-electron chi connectivity index (χ2n) is 22.3. The van der Waals surface area contributed by atoms with Gasteiger partial charge < -0.3 is 14.2 Å². The average molecular weight is 1110 g/mol. The van der Waals surface area contributed by atoms with Gasteiger partial charge in [-0.2, -0.15) is 0 Å². The lowest BCUT2D eigenvalue weighted by Gasteiger charge is -2.18. The number of unbranched alkanes of at least 4 members (excludes halogenated alkanes) is 32. The minimum absolute atomic E-state index is 0.0786. The summed E-state index contributed by atoms with van der Waals surface area (Å²) in [4.78, 5) is 38.4. The van der Waals surface area contributed by atoms with Crippen LogP contribution in [0.15, 0.2) is 109 Å². The predicted molar refractivity (Wildman–Crippen MR) is 348 cm³/mol. The molecule has 80 heavy (non-hydrogen) atoms. The Morgan fingerprint density at radius 1 is 0.263 bits per heavy atom. The van der Waals surface area contributed by atoms with Crippen LogP contribution in [0.25, 0.3) is 0 Å². The van der Waals surface area contributed by atoms with E-state index in [4.69, 9.17) is 14.2 Å². The van der Waals surface area contributed by atoms with Gasteiger partial charge in [-0.05, 0) is 103 Å². The number of ether oxygens (including phenoxy) is 3. The molecule has 0 aromatic heterocycles. The zero-order valence-electron chi connectivity index (χ0n) is 52.6. The minimum Gasteiger partial charge on any atom is -0.462 e. The van der Waals surface area contributed by atoms with E-state index in [1.807, 2.05) is 0 Å². The second kappa shape index (κ2) is 67.6. The molecule has 1 atom stereocenters. The fourth-order valence-electron chi connectivity index (χ4n) is 9.52. The Labute approximate surface area is 495 Å². The van der Waals surface area contributed by atoms with Gasteiger partial charge in [-0.15, -0.1) is 0 Å². The van der Waals surface area contributed by atoms with Gasteiger partial charge in [-0.1, -0.05) is 310 Å². The topological polar surface area (TPSA) is 78.9 Å². The molecule has 0 aliphatic rings. The molecular weight excluding hydrogens is 985 g/mol. The number of carbonyl (C=O) groups is 3. The van der Waals surface area contributed by atoms with Crippen molar-refractivity contribution in [3.63, 3.8) is 0 Å². The highest BCUT2D eigenvalue weighted by atomic mass is 16.6. The molecule has 0 spiro atoms. The van der Waals surface area contributed by atoms with E-state index in [0.717, 1.165) is 122 Å². The van der Waals surface area contributed by atoms with E-state index in [1.165, 1.54) is 161 Å². The molecule has 0 aromatic carbocycles. The lowest BCUT2D eigenvalue weighted by Crippen LogP contribution is -2.30. The van der Waals surface area contributed by atoms with E-state index in [9.17, 15) is 14.4 Å². The molecule has 0 saturated heterocycles. The molecule has 0 heterocycles. The van der Waals surface area contributed by atoms with Gasteiger partial charge in [0.2, 0.25) is 0 Å². The van der Waals surface area contributed by atoms with Gasteiger partial charge in [0, 0.05) is 19.3 Å². The summed E-state index contributed by atoms with van der Waals surface area (Å²) in [5.41, 5.74) is 0. The van der Waals surface area contributed by atoms with Crippen molar-refractivity contribution in [3.05, 3.63) is 109 Å². The molecule has 0 radical (unpaired) electrons. The highest BCUT2D eigenvalue weighted by Gasteiger charge is 2.19. The number of hydrogen-bond acceptors (Lipinski definition) is 6. The second-order valence-corrected chi connectivity index (χ2v) is 22.3. The Hall–Kier alpha value is -3.93. The smallest absolute Gasteiger partial charge is 0.306 e. The van der Waals surface area contributed by atoms with E-state index in [0.29, 0.717) is 19.3 Å². The van der Waals surface area contributed by atoms with Crippen LogP contribution in [-0.4, -0.2) is 37.2 Å². The molecule has 458 valence electrons. The van der Waals surface area contributed by atoms with Gasteiger partial charge in [-0.3, -0.25) is 14.4 Å². The number of allylic oxidation sites excluding steroid dienone is 18. The quantitative estimate of drug-likeness (QED) is 0.0261. The van der Waals surface area contributed by atoms with Gasteiger partial charge in [-0.25, -0.2) is 0 Å². The summed E-state index contributed by atoms with van der Waals surface area (Å²) in [5.74, 6) is -0.876. The van der Waals surface area contributed by atoms with Crippen LogP contribution in [0.2, 0.25) is 0 Å². The standard InChI is InChI=1S/C74H126O6/c1-4-7-10-13-16-19-22-25-27-29-31-33-34-35-36-37-38-39-40-42-43-45-47-49-52-55-58-61-64-67-73(76)79-70-71(69-78-72(75)66-63-60-57-54-51-24-21-18-15-12-9-6-3)80-74(77)68-65-62-59-56-53-50-48-46-44-41-32-30-28-26-23-20-17-14-11-8-5-2/h7-8,10-11,16-17,19-20,25-28,31-33,35-36,41,71H,4-6,9,12-15,18,21-24,29-30,34,37-40,42-70H2,1-3H3/b10-7-,11-8-,19-16-,20-17-,27-25-,28-26-,33-31-,36-35-,41-32-. The lowest BCUT2D eigenvalue weighted by atomic mass is 10.0. The van der Waals surface area contributed by atoms with Crippen molar-refractivity contribution in [1.29, 1.82) is 0 Å². The van der Waals surface area contributed by atoms with Gasteiger partial charge >= 0.3 is 17.9 Å². The van der Waals surface area contributed by atoms with Crippen molar-refractivity contribution >= 4 is 17.9 Å². The summed E-state index contributed by atoms with van der Waals surface area (Å²) in [6.45, 7) is 6.43. The van der Waals surface area contributed by atoms with Gasteiger partial charge in [0.25, 0.3) is 0 Å². The van der Waals surface area contributed by atoms with E-state index < -0.39 is 6.10 Å². The minimum atomic E-state index is -0.783.